The summed E-state index contributed by atoms with van der Waals surface area (Å²) >= 11 is 6.12. The van der Waals surface area contributed by atoms with Crippen LogP contribution >= 0.6 is 11.6 Å². The van der Waals surface area contributed by atoms with Crippen molar-refractivity contribution >= 4 is 32.8 Å². The maximum atomic E-state index is 12.5. The second-order valence-electron chi connectivity index (χ2n) is 5.71. The highest BCUT2D eigenvalue weighted by molar-refractivity contribution is 7.89. The molecule has 4 rings (SSSR count). The number of rotatable bonds is 3. The van der Waals surface area contributed by atoms with Crippen molar-refractivity contribution in [2.24, 2.45) is 0 Å². The van der Waals surface area contributed by atoms with Crippen LogP contribution in [0.3, 0.4) is 0 Å². The summed E-state index contributed by atoms with van der Waals surface area (Å²) in [6, 6.07) is 8.41. The maximum Gasteiger partial charge on any atom is 0.243 e. The minimum Gasteiger partial charge on any atom is -0.335 e. The van der Waals surface area contributed by atoms with Crippen LogP contribution in [0, 0.1) is 0 Å². The number of hydrogen-bond donors (Lipinski definition) is 1. The monoisotopic (exact) mass is 362 g/mol. The first-order valence-electron chi connectivity index (χ1n) is 7.66. The molecule has 1 aliphatic rings. The zero-order valence-corrected chi connectivity index (χ0v) is 14.3. The Bertz CT molecular complexity index is 993. The van der Waals surface area contributed by atoms with Crippen LogP contribution in [0.5, 0.6) is 0 Å². The number of H-pyrrole nitrogens is 1. The van der Waals surface area contributed by atoms with E-state index in [0.717, 1.165) is 18.4 Å². The van der Waals surface area contributed by atoms with Gasteiger partial charge < -0.3 is 4.98 Å². The Morgan fingerprint density at radius 1 is 1.08 bits per heavy atom. The topological polar surface area (TPSA) is 79.0 Å². The average Bonchev–Trinajstić information content (AvgIpc) is 3.25. The van der Waals surface area contributed by atoms with Crippen LogP contribution in [-0.4, -0.2) is 40.8 Å². The predicted molar refractivity (Wildman–Crippen MR) is 92.3 cm³/mol. The number of fused-ring (bicyclic) bond motifs is 1. The molecule has 1 aliphatic heterocycles. The lowest BCUT2D eigenvalue weighted by Crippen LogP contribution is -2.27. The molecular formula is C16H15ClN4O2S. The van der Waals surface area contributed by atoms with Crippen LogP contribution in [0.1, 0.15) is 12.8 Å². The fourth-order valence-electron chi connectivity index (χ4n) is 2.88. The molecule has 1 N–H and O–H groups in total. The number of hydrogen-bond acceptors (Lipinski definition) is 4. The molecule has 8 heteroatoms. The molecule has 6 nitrogen and oxygen atoms in total. The Labute approximate surface area is 144 Å². The molecule has 0 saturated carbocycles. The number of imidazole rings is 1. The fourth-order valence-corrected chi connectivity index (χ4v) is 4.58. The van der Waals surface area contributed by atoms with Gasteiger partial charge in [-0.3, -0.25) is 0 Å². The largest absolute Gasteiger partial charge is 0.335 e. The number of sulfonamides is 1. The zero-order chi connectivity index (χ0) is 16.7. The zero-order valence-electron chi connectivity index (χ0n) is 12.7. The van der Waals surface area contributed by atoms with Crippen molar-refractivity contribution in [3.8, 4) is 11.4 Å². The quantitative estimate of drug-likeness (QED) is 0.776. The van der Waals surface area contributed by atoms with Gasteiger partial charge in [-0.05, 0) is 43.2 Å². The molecule has 0 aliphatic carbocycles. The van der Waals surface area contributed by atoms with E-state index in [0.29, 0.717) is 40.0 Å². The molecule has 0 radical (unpaired) electrons. The van der Waals surface area contributed by atoms with Crippen molar-refractivity contribution in [2.45, 2.75) is 17.7 Å². The van der Waals surface area contributed by atoms with E-state index in [1.165, 1.54) is 4.31 Å². The number of nitrogens with one attached hydrogen (secondary N) is 1. The number of benzene rings is 1. The van der Waals surface area contributed by atoms with Crippen molar-refractivity contribution in [1.29, 1.82) is 0 Å². The fraction of sp³-hybridized carbons (Fsp3) is 0.250. The summed E-state index contributed by atoms with van der Waals surface area (Å²) in [5.41, 5.74) is 1.98. The molecule has 0 unspecified atom stereocenters. The average molecular weight is 363 g/mol. The number of pyridine rings is 1. The highest BCUT2D eigenvalue weighted by atomic mass is 35.5. The maximum absolute atomic E-state index is 12.5. The van der Waals surface area contributed by atoms with Crippen molar-refractivity contribution in [2.75, 3.05) is 13.1 Å². The Morgan fingerprint density at radius 2 is 1.79 bits per heavy atom. The summed E-state index contributed by atoms with van der Waals surface area (Å²) in [6.45, 7) is 1.19. The van der Waals surface area contributed by atoms with Gasteiger partial charge in [0.25, 0.3) is 0 Å². The molecule has 124 valence electrons. The van der Waals surface area contributed by atoms with Crippen molar-refractivity contribution < 1.29 is 8.42 Å². The van der Waals surface area contributed by atoms with Crippen LogP contribution < -0.4 is 0 Å². The minimum absolute atomic E-state index is 0.306. The summed E-state index contributed by atoms with van der Waals surface area (Å²) in [4.78, 5) is 12.0. The van der Waals surface area contributed by atoms with Crippen LogP contribution in [0.4, 0.5) is 0 Å². The highest BCUT2D eigenvalue weighted by Crippen LogP contribution is 2.26. The first-order chi connectivity index (χ1) is 11.6. The molecule has 0 atom stereocenters. The molecule has 24 heavy (non-hydrogen) atoms. The van der Waals surface area contributed by atoms with E-state index < -0.39 is 10.0 Å². The molecular weight excluding hydrogens is 348 g/mol. The van der Waals surface area contributed by atoms with E-state index in [9.17, 15) is 8.42 Å². The Hall–Kier alpha value is -1.96. The minimum atomic E-state index is -3.40. The lowest BCUT2D eigenvalue weighted by Gasteiger charge is -2.15. The van der Waals surface area contributed by atoms with Crippen molar-refractivity contribution in [3.63, 3.8) is 0 Å². The van der Waals surface area contributed by atoms with Gasteiger partial charge in [0.15, 0.2) is 5.65 Å². The molecule has 2 aromatic heterocycles. The first-order valence-corrected chi connectivity index (χ1v) is 9.48. The highest BCUT2D eigenvalue weighted by Gasteiger charge is 2.27. The second kappa shape index (κ2) is 5.84. The number of nitrogens with zero attached hydrogens (tertiary/aromatic N) is 3. The van der Waals surface area contributed by atoms with Gasteiger partial charge in [-0.15, -0.1) is 0 Å². The van der Waals surface area contributed by atoms with Gasteiger partial charge in [0.1, 0.15) is 11.3 Å². The summed E-state index contributed by atoms with van der Waals surface area (Å²) in [5.74, 6) is 0.607. The summed E-state index contributed by atoms with van der Waals surface area (Å²) in [7, 11) is -3.40. The molecule has 3 heterocycles. The number of halogens is 1. The van der Waals surface area contributed by atoms with Gasteiger partial charge >= 0.3 is 0 Å². The molecule has 0 bridgehead atoms. The van der Waals surface area contributed by atoms with Crippen LogP contribution in [-0.2, 0) is 10.0 Å². The van der Waals surface area contributed by atoms with Gasteiger partial charge in [0.05, 0.1) is 9.92 Å². The third-order valence-electron chi connectivity index (χ3n) is 4.17. The van der Waals surface area contributed by atoms with E-state index >= 15 is 0 Å². The molecule has 1 saturated heterocycles. The van der Waals surface area contributed by atoms with Gasteiger partial charge in [0, 0.05) is 24.8 Å². The predicted octanol–water partition coefficient (Wildman–Crippen LogP) is 3.06. The molecule has 1 aromatic carbocycles. The third kappa shape index (κ3) is 2.58. The number of aromatic amines is 1. The number of aromatic nitrogens is 3. The van der Waals surface area contributed by atoms with Gasteiger partial charge in [-0.1, -0.05) is 11.6 Å². The first kappa shape index (κ1) is 15.6. The van der Waals surface area contributed by atoms with Crippen LogP contribution in [0.2, 0.25) is 5.02 Å². The molecule has 3 aromatic rings. The third-order valence-corrected chi connectivity index (χ3v) is 6.40. The van der Waals surface area contributed by atoms with E-state index in [-0.39, 0.29) is 0 Å². The van der Waals surface area contributed by atoms with E-state index in [2.05, 4.69) is 15.0 Å². The second-order valence-corrected chi connectivity index (χ2v) is 8.06. The van der Waals surface area contributed by atoms with Crippen LogP contribution in [0.15, 0.2) is 41.4 Å². The van der Waals surface area contributed by atoms with E-state index in [4.69, 9.17) is 11.6 Å². The summed E-state index contributed by atoms with van der Waals surface area (Å²) in [6.07, 6.45) is 3.44. The van der Waals surface area contributed by atoms with Crippen molar-refractivity contribution in [3.05, 3.63) is 41.6 Å². The van der Waals surface area contributed by atoms with Gasteiger partial charge in [-0.25, -0.2) is 18.4 Å². The summed E-state index contributed by atoms with van der Waals surface area (Å²) < 4.78 is 26.6. The smallest absolute Gasteiger partial charge is 0.243 e. The Morgan fingerprint density at radius 3 is 2.46 bits per heavy atom. The Balaban J connectivity index is 1.69. The SMILES string of the molecule is O=S(=O)(c1ccc(-c2nc3nccc(Cl)c3[nH]2)cc1)N1CCCC1. The molecule has 1 fully saturated rings. The lowest BCUT2D eigenvalue weighted by molar-refractivity contribution is 0.477. The Kier molecular flexibility index (Phi) is 3.79. The van der Waals surface area contributed by atoms with Gasteiger partial charge in [-0.2, -0.15) is 4.31 Å². The van der Waals surface area contributed by atoms with Gasteiger partial charge in [0.2, 0.25) is 10.0 Å². The standard InChI is InChI=1S/C16H15ClN4O2S/c17-13-7-8-18-16-14(13)19-15(20-16)11-3-5-12(6-4-11)24(22,23)21-9-1-2-10-21/h3-8H,1-2,9-10H2,(H,18,19,20). The summed E-state index contributed by atoms with van der Waals surface area (Å²) in [5, 5.41) is 0.548. The molecule has 0 spiro atoms. The van der Waals surface area contributed by atoms with Crippen LogP contribution in [0.25, 0.3) is 22.6 Å². The van der Waals surface area contributed by atoms with E-state index in [1.54, 1.807) is 36.5 Å². The van der Waals surface area contributed by atoms with E-state index in [1.807, 2.05) is 0 Å². The molecule has 0 amide bonds. The normalized spacial score (nSPS) is 16.0. The van der Waals surface area contributed by atoms with Crippen molar-refractivity contribution in [1.82, 2.24) is 19.3 Å². The lowest BCUT2D eigenvalue weighted by atomic mass is 10.2.